The highest BCUT2D eigenvalue weighted by Gasteiger charge is 2.09. The van der Waals surface area contributed by atoms with Crippen LogP contribution in [0.3, 0.4) is 0 Å². The van der Waals surface area contributed by atoms with Crippen LogP contribution in [0, 0.1) is 0 Å². The lowest BCUT2D eigenvalue weighted by Gasteiger charge is -2.07. The average molecular weight is 421 g/mol. The third kappa shape index (κ3) is 6.44. The lowest BCUT2D eigenvalue weighted by atomic mass is 10.1. The van der Waals surface area contributed by atoms with E-state index in [0.717, 1.165) is 73.6 Å². The summed E-state index contributed by atoms with van der Waals surface area (Å²) in [4.78, 5) is 15.5. The monoisotopic (exact) mass is 420 g/mol. The molecule has 0 unspecified atom stereocenters. The number of hydrogen-bond donors (Lipinski definition) is 3. The molecule has 0 aliphatic carbocycles. The fourth-order valence-electron chi connectivity index (χ4n) is 3.16. The molecule has 0 bridgehead atoms. The second kappa shape index (κ2) is 11.4. The van der Waals surface area contributed by atoms with Gasteiger partial charge in [-0.2, -0.15) is 0 Å². The zero-order chi connectivity index (χ0) is 19.6. The number of phenols is 1. The number of benzene rings is 1. The van der Waals surface area contributed by atoms with Crippen LogP contribution < -0.4 is 10.2 Å². The van der Waals surface area contributed by atoms with Crippen molar-refractivity contribution in [2.24, 2.45) is 0 Å². The van der Waals surface area contributed by atoms with Gasteiger partial charge < -0.3 is 20.1 Å². The van der Waals surface area contributed by atoms with Crippen molar-refractivity contribution >= 4 is 32.9 Å². The van der Waals surface area contributed by atoms with Crippen LogP contribution in [-0.4, -0.2) is 36.4 Å². The Balaban J connectivity index is 1.20. The van der Waals surface area contributed by atoms with Gasteiger partial charge in [-0.15, -0.1) is 11.3 Å². The number of aromatic hydroxyl groups is 1. The van der Waals surface area contributed by atoms with E-state index < -0.39 is 0 Å². The maximum absolute atomic E-state index is 11.5. The summed E-state index contributed by atoms with van der Waals surface area (Å²) in [5.74, 6) is 0.139. The molecule has 0 fully saturated rings. The number of aromatic nitrogens is 1. The predicted octanol–water partition coefficient (Wildman–Crippen LogP) is 4.31. The van der Waals surface area contributed by atoms with Crippen molar-refractivity contribution in [2.75, 3.05) is 26.3 Å². The average Bonchev–Trinajstić information content (AvgIpc) is 3.34. The number of thiophene rings is 1. The van der Waals surface area contributed by atoms with E-state index in [2.05, 4.69) is 27.8 Å². The topological polar surface area (TPSA) is 74.4 Å². The first kappa shape index (κ1) is 21.0. The van der Waals surface area contributed by atoms with Crippen molar-refractivity contribution < 1.29 is 9.84 Å². The molecule has 0 saturated carbocycles. The molecule has 3 aromatic rings. The molecule has 1 aromatic carbocycles. The number of aromatic amines is 1. The molecule has 2 heterocycles. The highest BCUT2D eigenvalue weighted by molar-refractivity contribution is 7.16. The first-order chi connectivity index (χ1) is 13.7. The lowest BCUT2D eigenvalue weighted by Crippen LogP contribution is -2.18. The van der Waals surface area contributed by atoms with Crippen molar-refractivity contribution in [3.8, 4) is 5.75 Å². The number of nitrogens with one attached hydrogen (secondary N) is 2. The molecule has 3 N–H and O–H groups in total. The van der Waals surface area contributed by atoms with Gasteiger partial charge in [0.05, 0.1) is 11.3 Å². The van der Waals surface area contributed by atoms with Crippen LogP contribution in [0.15, 0.2) is 34.4 Å². The van der Waals surface area contributed by atoms with E-state index >= 15 is 0 Å². The molecular formula is C21H28N2O3S2. The van der Waals surface area contributed by atoms with Crippen LogP contribution >= 0.6 is 22.7 Å². The number of fused-ring (bicyclic) bond motifs is 1. The minimum Gasteiger partial charge on any atom is -0.506 e. The van der Waals surface area contributed by atoms with Gasteiger partial charge >= 0.3 is 4.87 Å². The summed E-state index contributed by atoms with van der Waals surface area (Å²) in [6, 6.07) is 7.80. The zero-order valence-electron chi connectivity index (χ0n) is 16.0. The van der Waals surface area contributed by atoms with E-state index in [1.54, 1.807) is 17.4 Å². The smallest absolute Gasteiger partial charge is 0.305 e. The van der Waals surface area contributed by atoms with Gasteiger partial charge in [0, 0.05) is 17.9 Å². The Morgan fingerprint density at radius 1 is 1.04 bits per heavy atom. The molecule has 0 spiro atoms. The van der Waals surface area contributed by atoms with Gasteiger partial charge in [-0.05, 0) is 55.4 Å². The van der Waals surface area contributed by atoms with E-state index in [4.69, 9.17) is 4.74 Å². The fraction of sp³-hybridized carbons (Fsp3) is 0.476. The number of H-pyrrole nitrogens is 1. The minimum atomic E-state index is -0.124. The molecule has 152 valence electrons. The van der Waals surface area contributed by atoms with Crippen molar-refractivity contribution in [1.82, 2.24) is 10.3 Å². The standard InChI is InChI=1S/C21H28N2O3S2/c24-18-8-7-16(20-19(18)23-21(25)28-20)9-12-22-11-3-1-2-4-13-26-14-10-17-6-5-15-27-17/h5-8,15,22,24H,1-4,9-14H2,(H,23,25). The van der Waals surface area contributed by atoms with E-state index in [1.165, 1.54) is 17.7 Å². The molecule has 3 rings (SSSR count). The van der Waals surface area contributed by atoms with Gasteiger partial charge in [0.1, 0.15) is 11.3 Å². The van der Waals surface area contributed by atoms with Gasteiger partial charge in [-0.3, -0.25) is 4.79 Å². The molecule has 7 heteroatoms. The van der Waals surface area contributed by atoms with Crippen LogP contribution in [-0.2, 0) is 17.6 Å². The highest BCUT2D eigenvalue weighted by Crippen LogP contribution is 2.27. The Kier molecular flexibility index (Phi) is 8.54. The van der Waals surface area contributed by atoms with Gasteiger partial charge in [0.25, 0.3) is 0 Å². The van der Waals surface area contributed by atoms with Gasteiger partial charge in [0.2, 0.25) is 0 Å². The maximum Gasteiger partial charge on any atom is 0.305 e. The van der Waals surface area contributed by atoms with Crippen molar-refractivity contribution in [3.05, 3.63) is 49.8 Å². The Morgan fingerprint density at radius 2 is 1.93 bits per heavy atom. The fourth-order valence-corrected chi connectivity index (χ4v) is 4.74. The minimum absolute atomic E-state index is 0.124. The molecule has 0 atom stereocenters. The Hall–Kier alpha value is -1.67. The summed E-state index contributed by atoms with van der Waals surface area (Å²) >= 11 is 2.96. The summed E-state index contributed by atoms with van der Waals surface area (Å²) in [5.41, 5.74) is 1.66. The van der Waals surface area contributed by atoms with Gasteiger partial charge in [0.15, 0.2) is 0 Å². The maximum atomic E-state index is 11.5. The van der Waals surface area contributed by atoms with Crippen molar-refractivity contribution in [3.63, 3.8) is 0 Å². The summed E-state index contributed by atoms with van der Waals surface area (Å²) in [7, 11) is 0. The first-order valence-corrected chi connectivity index (χ1v) is 11.6. The molecule has 5 nitrogen and oxygen atoms in total. The number of rotatable bonds is 13. The van der Waals surface area contributed by atoms with E-state index in [0.29, 0.717) is 5.52 Å². The second-order valence-corrected chi connectivity index (χ2v) is 8.83. The zero-order valence-corrected chi connectivity index (χ0v) is 17.7. The predicted molar refractivity (Wildman–Crippen MR) is 118 cm³/mol. The molecule has 0 saturated heterocycles. The molecule has 2 aromatic heterocycles. The normalized spacial score (nSPS) is 11.4. The molecule has 0 aliphatic heterocycles. The summed E-state index contributed by atoms with van der Waals surface area (Å²) in [6.07, 6.45) is 6.58. The number of ether oxygens (including phenoxy) is 1. The third-order valence-electron chi connectivity index (χ3n) is 4.68. The Labute approximate surface area is 173 Å². The number of hydrogen-bond acceptors (Lipinski definition) is 6. The molecule has 0 aliphatic rings. The molecule has 28 heavy (non-hydrogen) atoms. The van der Waals surface area contributed by atoms with E-state index in [1.807, 2.05) is 6.07 Å². The highest BCUT2D eigenvalue weighted by atomic mass is 32.1. The number of phenolic OH excluding ortho intramolecular Hbond substituents is 1. The van der Waals surface area contributed by atoms with Crippen LogP contribution in [0.25, 0.3) is 10.2 Å². The van der Waals surface area contributed by atoms with E-state index in [9.17, 15) is 9.90 Å². The van der Waals surface area contributed by atoms with E-state index in [-0.39, 0.29) is 10.6 Å². The quantitative estimate of drug-likeness (QED) is 0.360. The van der Waals surface area contributed by atoms with Crippen LogP contribution in [0.2, 0.25) is 0 Å². The molecule has 0 radical (unpaired) electrons. The van der Waals surface area contributed by atoms with Gasteiger partial charge in [-0.1, -0.05) is 36.3 Å². The SMILES string of the molecule is O=c1[nH]c2c(O)ccc(CCNCCCCCCOCCc3cccs3)c2s1. The van der Waals surface area contributed by atoms with Crippen molar-refractivity contribution in [2.45, 2.75) is 38.5 Å². The third-order valence-corrected chi connectivity index (χ3v) is 6.57. The first-order valence-electron chi connectivity index (χ1n) is 9.88. The van der Waals surface area contributed by atoms with Crippen LogP contribution in [0.1, 0.15) is 36.1 Å². The summed E-state index contributed by atoms with van der Waals surface area (Å²) < 4.78 is 6.56. The lowest BCUT2D eigenvalue weighted by molar-refractivity contribution is 0.133. The van der Waals surface area contributed by atoms with Gasteiger partial charge in [-0.25, -0.2) is 0 Å². The molecule has 0 amide bonds. The summed E-state index contributed by atoms with van der Waals surface area (Å²) in [5, 5.41) is 15.4. The Morgan fingerprint density at radius 3 is 2.79 bits per heavy atom. The summed E-state index contributed by atoms with van der Waals surface area (Å²) in [6.45, 7) is 3.55. The van der Waals surface area contributed by atoms with Crippen LogP contribution in [0.5, 0.6) is 5.75 Å². The Bertz CT molecular complexity index is 887. The van der Waals surface area contributed by atoms with Crippen LogP contribution in [0.4, 0.5) is 0 Å². The number of thiazole rings is 1. The number of unbranched alkanes of at least 4 members (excludes halogenated alkanes) is 3. The largest absolute Gasteiger partial charge is 0.506 e. The second-order valence-electron chi connectivity index (χ2n) is 6.82. The van der Waals surface area contributed by atoms with Crippen molar-refractivity contribution in [1.29, 1.82) is 0 Å². The molecular weight excluding hydrogens is 392 g/mol.